The van der Waals surface area contributed by atoms with E-state index < -0.39 is 98.1 Å². The molecule has 0 radical (unpaired) electrons. The molecule has 4 aliphatic rings. The largest absolute Gasteiger partial charge is 0.471 e. The fourth-order valence-corrected chi connectivity index (χ4v) is 12.7. The number of amides is 4. The molecule has 10 rings (SSSR count). The molecule has 27 heteroatoms. The van der Waals surface area contributed by atoms with Gasteiger partial charge in [0.15, 0.2) is 11.6 Å². The second-order valence-electron chi connectivity index (χ2n) is 21.7. The van der Waals surface area contributed by atoms with Gasteiger partial charge in [-0.15, -0.1) is 0 Å². The summed E-state index contributed by atoms with van der Waals surface area (Å²) < 4.78 is 115. The molecule has 2 aromatic heterocycles. The SMILES string of the molecule is C=C(C)C(=NC(=O)OC)C(=O)N1CCC[C@H]1c1nc2cc([C@H]3CC[C@H](c4cc5[nH]c([C@@H]6CCCN6C(=O)[C@@H](NC(=O)OC)[C@@H](C)OC)nc5cc4F)N3c3cc(F)c(N4CCC(c5ccc(F)cc5)CC4)c(F)c3)c(F)cc2n1COP(=O)(O)O. The number of aromatic amines is 1. The van der Waals surface area contributed by atoms with Crippen LogP contribution in [-0.2, 0) is 39.6 Å². The van der Waals surface area contributed by atoms with E-state index in [9.17, 15) is 37.9 Å². The van der Waals surface area contributed by atoms with Crippen LogP contribution >= 0.6 is 7.82 Å². The van der Waals surface area contributed by atoms with E-state index in [4.69, 9.17) is 24.0 Å². The van der Waals surface area contributed by atoms with Crippen molar-refractivity contribution in [2.24, 2.45) is 4.99 Å². The summed E-state index contributed by atoms with van der Waals surface area (Å²) in [4.78, 5) is 95.2. The number of carbonyl (C=O) groups excluding carboxylic acids is 4. The number of alkyl carbamates (subject to hydrolysis) is 1. The Morgan fingerprint density at radius 3 is 2.04 bits per heavy atom. The van der Waals surface area contributed by atoms with E-state index in [0.717, 1.165) is 30.9 Å². The lowest BCUT2D eigenvalue weighted by Gasteiger charge is -2.36. The highest BCUT2D eigenvalue weighted by Gasteiger charge is 2.43. The first kappa shape index (κ1) is 60.4. The molecule has 4 fully saturated rings. The minimum Gasteiger partial charge on any atom is -0.453 e. The smallest absolute Gasteiger partial charge is 0.453 e. The van der Waals surface area contributed by atoms with Crippen molar-refractivity contribution in [2.45, 2.75) is 114 Å². The number of aromatic nitrogens is 4. The minimum absolute atomic E-state index is 0.00406. The van der Waals surface area contributed by atoms with Gasteiger partial charge in [-0.3, -0.25) is 14.1 Å². The number of halogens is 5. The van der Waals surface area contributed by atoms with Crippen LogP contribution in [0.25, 0.3) is 22.1 Å². The Morgan fingerprint density at radius 1 is 0.776 bits per heavy atom. The molecule has 0 bridgehead atoms. The van der Waals surface area contributed by atoms with Gasteiger partial charge in [-0.2, -0.15) is 4.99 Å². The molecule has 452 valence electrons. The number of phosphoric ester groups is 1. The Bertz CT molecular complexity index is 3640. The Hall–Kier alpha value is -7.77. The first-order chi connectivity index (χ1) is 40.6. The van der Waals surface area contributed by atoms with E-state index >= 15 is 17.6 Å². The number of likely N-dealkylation sites (tertiary alicyclic amines) is 2. The highest BCUT2D eigenvalue weighted by atomic mass is 31.2. The van der Waals surface area contributed by atoms with Gasteiger partial charge in [0.25, 0.3) is 5.91 Å². The summed E-state index contributed by atoms with van der Waals surface area (Å²) in [6.07, 6.45) is 0.303. The lowest BCUT2D eigenvalue weighted by atomic mass is 9.89. The van der Waals surface area contributed by atoms with Crippen LogP contribution in [-0.4, -0.2) is 128 Å². The summed E-state index contributed by atoms with van der Waals surface area (Å²) in [6.45, 7) is 7.02. The number of methoxy groups -OCH3 is 3. The van der Waals surface area contributed by atoms with Gasteiger partial charge in [0.1, 0.15) is 53.3 Å². The predicted octanol–water partition coefficient (Wildman–Crippen LogP) is 10.0. The maximum Gasteiger partial charge on any atom is 0.471 e. The van der Waals surface area contributed by atoms with Gasteiger partial charge < -0.3 is 58.5 Å². The minimum atomic E-state index is -5.18. The van der Waals surface area contributed by atoms with E-state index in [-0.39, 0.29) is 107 Å². The highest BCUT2D eigenvalue weighted by molar-refractivity contribution is 7.46. The molecule has 0 spiro atoms. The van der Waals surface area contributed by atoms with Gasteiger partial charge in [0.05, 0.1) is 66.6 Å². The fourth-order valence-electron chi connectivity index (χ4n) is 12.5. The number of piperidine rings is 1. The molecule has 0 aliphatic carbocycles. The molecule has 6 aromatic rings. The van der Waals surface area contributed by atoms with E-state index in [2.05, 4.69) is 26.6 Å². The second-order valence-corrected chi connectivity index (χ2v) is 23.0. The standard InChI is InChI=1S/C58H64F5N10O11P/c1-30(2)50(67-57(76)82-5)55(74)71-20-8-10-48(71)54-66-44-26-37(39(61)28-49(44)72(54)29-84-85(78,79)80)46-16-15-45(73(46)35-23-40(62)52(41(63)24-35)69-21-17-33(18-22-69)32-11-13-34(59)14-12-32)36-25-42-43(27-38(36)60)65-53(64-42)47-9-7-19-70(47)56(75)51(31(3)81-4)68-58(77)83-6/h11-14,23-28,31,33,45-48,51H,1,7-10,15-22,29H2,2-6H3,(H,64,65)(H,68,77)(H2,78,79,80)/t31-,45-,46-,47+,48+,51+/m1/s1. The van der Waals surface area contributed by atoms with Gasteiger partial charge >= 0.3 is 20.0 Å². The van der Waals surface area contributed by atoms with Crippen LogP contribution in [0.15, 0.2) is 77.8 Å². The van der Waals surface area contributed by atoms with Gasteiger partial charge in [-0.05, 0) is 119 Å². The quantitative estimate of drug-likeness (QED) is 0.0400. The molecule has 6 heterocycles. The van der Waals surface area contributed by atoms with Crippen LogP contribution in [0.3, 0.4) is 0 Å². The van der Waals surface area contributed by atoms with E-state index in [0.29, 0.717) is 50.0 Å². The van der Waals surface area contributed by atoms with Crippen LogP contribution in [0.4, 0.5) is 42.9 Å². The maximum atomic E-state index is 17.4. The van der Waals surface area contributed by atoms with Crippen LogP contribution in [0.5, 0.6) is 0 Å². The maximum absolute atomic E-state index is 17.4. The number of imidazole rings is 2. The number of fused-ring (bicyclic) bond motifs is 2. The average molecular weight is 1200 g/mol. The number of benzene rings is 4. The lowest BCUT2D eigenvalue weighted by molar-refractivity contribution is -0.137. The van der Waals surface area contributed by atoms with E-state index in [1.165, 1.54) is 60.9 Å². The van der Waals surface area contributed by atoms with Crippen molar-refractivity contribution in [3.63, 3.8) is 0 Å². The van der Waals surface area contributed by atoms with Crippen molar-refractivity contribution in [3.8, 4) is 0 Å². The van der Waals surface area contributed by atoms with Gasteiger partial charge in [0.2, 0.25) is 5.91 Å². The molecule has 85 heavy (non-hydrogen) atoms. The summed E-state index contributed by atoms with van der Waals surface area (Å²) in [5, 5.41) is 2.55. The molecule has 4 N–H and O–H groups in total. The number of nitrogens with zero attached hydrogens (tertiary/aromatic N) is 8. The Morgan fingerprint density at radius 2 is 1.41 bits per heavy atom. The van der Waals surface area contributed by atoms with Gasteiger partial charge in [0, 0.05) is 62.2 Å². The number of hydrogen-bond acceptors (Lipinski definition) is 13. The number of nitrogens with one attached hydrogen (secondary N) is 2. The molecule has 4 amide bonds. The zero-order chi connectivity index (χ0) is 60.8. The molecule has 6 atom stereocenters. The zero-order valence-electron chi connectivity index (χ0n) is 47.2. The summed E-state index contributed by atoms with van der Waals surface area (Å²) >= 11 is 0. The summed E-state index contributed by atoms with van der Waals surface area (Å²) in [6, 6.07) is 8.85. The van der Waals surface area contributed by atoms with Crippen LogP contribution in [0.2, 0.25) is 0 Å². The van der Waals surface area contributed by atoms with Crippen molar-refractivity contribution in [1.82, 2.24) is 34.6 Å². The van der Waals surface area contributed by atoms with Crippen LogP contribution in [0.1, 0.15) is 124 Å². The number of ether oxygens (including phenoxy) is 3. The Labute approximate surface area is 485 Å². The van der Waals surface area contributed by atoms with Crippen LogP contribution < -0.4 is 15.1 Å². The fraction of sp³-hybridized carbons (Fsp3) is 0.431. The highest BCUT2D eigenvalue weighted by Crippen LogP contribution is 2.51. The van der Waals surface area contributed by atoms with Crippen molar-refractivity contribution < 1.29 is 74.2 Å². The van der Waals surface area contributed by atoms with Crippen LogP contribution in [0, 0.1) is 29.1 Å². The monoisotopic (exact) mass is 1200 g/mol. The number of hydrogen-bond donors (Lipinski definition) is 4. The summed E-state index contributed by atoms with van der Waals surface area (Å²) in [5.74, 6) is -4.66. The predicted molar refractivity (Wildman–Crippen MR) is 301 cm³/mol. The third-order valence-corrected chi connectivity index (χ3v) is 17.1. The van der Waals surface area contributed by atoms with Gasteiger partial charge in [-0.25, -0.2) is 46.1 Å². The molecule has 21 nitrogen and oxygen atoms in total. The number of phosphoric acid groups is 1. The number of carbonyl (C=O) groups is 4. The van der Waals surface area contributed by atoms with Gasteiger partial charge in [-0.1, -0.05) is 18.7 Å². The third-order valence-electron chi connectivity index (χ3n) is 16.6. The first-order valence-corrected chi connectivity index (χ1v) is 29.3. The number of rotatable bonds is 16. The first-order valence-electron chi connectivity index (χ1n) is 27.8. The van der Waals surface area contributed by atoms with Crippen molar-refractivity contribution in [1.29, 1.82) is 0 Å². The molecule has 0 unspecified atom stereocenters. The molecular formula is C58H64F5N10O11P. The topological polar surface area (TPSA) is 247 Å². The summed E-state index contributed by atoms with van der Waals surface area (Å²) in [5.41, 5.74) is 1.05. The van der Waals surface area contributed by atoms with Crippen molar-refractivity contribution in [2.75, 3.05) is 57.3 Å². The second kappa shape index (κ2) is 24.7. The number of H-pyrrole nitrogens is 1. The normalized spacial score (nSPS) is 20.4. The molecule has 4 aliphatic heterocycles. The number of anilines is 2. The zero-order valence-corrected chi connectivity index (χ0v) is 48.1. The Kier molecular flexibility index (Phi) is 17.5. The van der Waals surface area contributed by atoms with Crippen molar-refractivity contribution >= 4 is 71.0 Å². The Balaban J connectivity index is 1.04. The molecular weight excluding hydrogens is 1140 g/mol. The lowest BCUT2D eigenvalue weighted by Crippen LogP contribution is -2.54. The number of aliphatic imine (C=N–C) groups is 1. The molecule has 0 saturated carbocycles. The molecule has 4 saturated heterocycles. The average Bonchev–Trinajstić information content (AvgIpc) is 2.06. The van der Waals surface area contributed by atoms with E-state index in [1.807, 2.05) is 0 Å². The molecule has 4 aromatic carbocycles. The summed E-state index contributed by atoms with van der Waals surface area (Å²) in [7, 11) is -1.52. The third kappa shape index (κ3) is 12.2. The van der Waals surface area contributed by atoms with Crippen molar-refractivity contribution in [3.05, 3.63) is 130 Å². The van der Waals surface area contributed by atoms with E-state index in [1.54, 1.807) is 33.8 Å².